The second kappa shape index (κ2) is 5.83. The highest BCUT2D eigenvalue weighted by Crippen LogP contribution is 2.30. The maximum Gasteiger partial charge on any atom is 0.316 e. The normalized spacial score (nSPS) is 23.8. The van der Waals surface area contributed by atoms with Gasteiger partial charge in [0.15, 0.2) is 5.78 Å². The van der Waals surface area contributed by atoms with Crippen molar-refractivity contribution in [3.8, 4) is 5.75 Å². The summed E-state index contributed by atoms with van der Waals surface area (Å²) in [6.45, 7) is 2.43. The molecule has 1 aliphatic rings. The number of carboxylic acids is 1. The molecule has 1 saturated heterocycles. The minimum Gasteiger partial charge on any atom is -0.497 e. The summed E-state index contributed by atoms with van der Waals surface area (Å²) in [6.07, 6.45) is 0.630. The molecule has 1 fully saturated rings. The molecule has 6 heteroatoms. The third kappa shape index (κ3) is 2.91. The van der Waals surface area contributed by atoms with Gasteiger partial charge in [-0.3, -0.25) is 9.59 Å². The molecular weight excluding hydrogens is 272 g/mol. The topological polar surface area (TPSA) is 102 Å². The number of Topliss-reactive ketones (excluding diaryl/α,β-unsaturated/α-hetero) is 1. The summed E-state index contributed by atoms with van der Waals surface area (Å²) in [7, 11) is 1.54. The summed E-state index contributed by atoms with van der Waals surface area (Å²) >= 11 is 0. The number of hydrogen-bond acceptors (Lipinski definition) is 5. The molecule has 114 valence electrons. The number of ether oxygens (including phenoxy) is 1. The zero-order valence-corrected chi connectivity index (χ0v) is 12.1. The number of aliphatic carboxylic acids is 1. The zero-order valence-electron chi connectivity index (χ0n) is 12.1. The molecular formula is C15H20N2O4. The molecule has 1 heterocycles. The van der Waals surface area contributed by atoms with E-state index in [0.29, 0.717) is 24.3 Å². The minimum atomic E-state index is -1.27. The molecule has 21 heavy (non-hydrogen) atoms. The molecule has 0 aliphatic carbocycles. The first-order valence-corrected chi connectivity index (χ1v) is 6.81. The smallest absolute Gasteiger partial charge is 0.316 e. The fraction of sp³-hybridized carbons (Fsp3) is 0.467. The molecule has 0 saturated carbocycles. The number of ketones is 1. The van der Waals surface area contributed by atoms with Gasteiger partial charge >= 0.3 is 5.97 Å². The monoisotopic (exact) mass is 292 g/mol. The van der Waals surface area contributed by atoms with Gasteiger partial charge in [0.25, 0.3) is 0 Å². The predicted octanol–water partition coefficient (Wildman–Crippen LogP) is 0.717. The van der Waals surface area contributed by atoms with E-state index in [1.54, 1.807) is 38.3 Å². The molecule has 1 unspecified atom stereocenters. The van der Waals surface area contributed by atoms with Crippen LogP contribution in [0.4, 0.5) is 0 Å². The molecule has 3 atom stereocenters. The van der Waals surface area contributed by atoms with E-state index < -0.39 is 23.5 Å². The summed E-state index contributed by atoms with van der Waals surface area (Å²) in [5.74, 6) is -2.18. The lowest BCUT2D eigenvalue weighted by Crippen LogP contribution is -2.63. The van der Waals surface area contributed by atoms with Gasteiger partial charge in [-0.1, -0.05) is 12.1 Å². The lowest BCUT2D eigenvalue weighted by molar-refractivity contribution is -0.150. The number of rotatable bonds is 6. The Hall–Kier alpha value is -1.92. The largest absolute Gasteiger partial charge is 0.497 e. The van der Waals surface area contributed by atoms with Crippen LogP contribution in [0.1, 0.15) is 24.9 Å². The van der Waals surface area contributed by atoms with Crippen LogP contribution in [0.25, 0.3) is 0 Å². The van der Waals surface area contributed by atoms with Crippen molar-refractivity contribution in [3.63, 3.8) is 0 Å². The highest BCUT2D eigenvalue weighted by atomic mass is 16.5. The first-order chi connectivity index (χ1) is 9.89. The van der Waals surface area contributed by atoms with Crippen LogP contribution < -0.4 is 15.8 Å². The molecule has 0 spiro atoms. The van der Waals surface area contributed by atoms with Gasteiger partial charge in [-0.05, 0) is 37.6 Å². The molecule has 1 aromatic carbocycles. The van der Waals surface area contributed by atoms with Gasteiger partial charge in [-0.2, -0.15) is 0 Å². The summed E-state index contributed by atoms with van der Waals surface area (Å²) in [5.41, 5.74) is 5.85. The molecule has 1 aromatic rings. The quantitative estimate of drug-likeness (QED) is 0.668. The van der Waals surface area contributed by atoms with Gasteiger partial charge in [0.1, 0.15) is 11.7 Å². The second-order valence-corrected chi connectivity index (χ2v) is 5.49. The zero-order chi connectivity index (χ0) is 15.6. The Kier molecular flexibility index (Phi) is 4.29. The van der Waals surface area contributed by atoms with E-state index in [4.69, 9.17) is 10.5 Å². The lowest BCUT2D eigenvalue weighted by atomic mass is 9.76. The second-order valence-electron chi connectivity index (χ2n) is 5.49. The van der Waals surface area contributed by atoms with Crippen LogP contribution in [-0.4, -0.2) is 36.1 Å². The van der Waals surface area contributed by atoms with Crippen molar-refractivity contribution < 1.29 is 19.4 Å². The molecule has 0 aromatic heterocycles. The Morgan fingerprint density at radius 2 is 1.95 bits per heavy atom. The summed E-state index contributed by atoms with van der Waals surface area (Å²) in [5, 5.41) is 12.4. The van der Waals surface area contributed by atoms with Crippen molar-refractivity contribution in [1.29, 1.82) is 0 Å². The average molecular weight is 292 g/mol. The number of nitrogens with one attached hydrogen (secondary N) is 1. The van der Waals surface area contributed by atoms with Gasteiger partial charge < -0.3 is 20.9 Å². The molecule has 2 rings (SSSR count). The van der Waals surface area contributed by atoms with Crippen LogP contribution in [-0.2, 0) is 9.59 Å². The molecule has 6 nitrogen and oxygen atoms in total. The lowest BCUT2D eigenvalue weighted by Gasteiger charge is -2.40. The van der Waals surface area contributed by atoms with Crippen LogP contribution in [0, 0.1) is 5.92 Å². The van der Waals surface area contributed by atoms with Crippen LogP contribution in [0.3, 0.4) is 0 Å². The summed E-state index contributed by atoms with van der Waals surface area (Å²) < 4.78 is 5.05. The minimum absolute atomic E-state index is 0.371. The Bertz CT molecular complexity index is 537. The Labute approximate surface area is 123 Å². The van der Waals surface area contributed by atoms with E-state index in [9.17, 15) is 14.7 Å². The first-order valence-electron chi connectivity index (χ1n) is 6.81. The van der Waals surface area contributed by atoms with Crippen molar-refractivity contribution in [2.24, 2.45) is 11.7 Å². The Balaban J connectivity index is 2.24. The van der Waals surface area contributed by atoms with Crippen molar-refractivity contribution in [2.75, 3.05) is 13.7 Å². The standard InChI is InChI=1S/C15H20N2O4/c1-15(7-8-17-15)13(18)11(14(19)20)12(16)9-3-5-10(21-2)6-4-9/h3-6,11-12,17H,7-8,16H2,1-2H3,(H,19,20)/t11-,12-,15?/m0/s1. The Morgan fingerprint density at radius 3 is 2.33 bits per heavy atom. The Morgan fingerprint density at radius 1 is 1.38 bits per heavy atom. The van der Waals surface area contributed by atoms with E-state index in [2.05, 4.69) is 5.32 Å². The van der Waals surface area contributed by atoms with E-state index in [-0.39, 0.29) is 5.78 Å². The highest BCUT2D eigenvalue weighted by molar-refractivity contribution is 6.04. The van der Waals surface area contributed by atoms with E-state index in [0.717, 1.165) is 0 Å². The van der Waals surface area contributed by atoms with Gasteiger partial charge in [0, 0.05) is 0 Å². The third-order valence-corrected chi connectivity index (χ3v) is 4.09. The third-order valence-electron chi connectivity index (χ3n) is 4.09. The number of nitrogens with two attached hydrogens (primary N) is 1. The number of carboxylic acid groups (broad SMARTS) is 1. The molecule has 4 N–H and O–H groups in total. The van der Waals surface area contributed by atoms with E-state index in [1.165, 1.54) is 0 Å². The number of carbonyl (C=O) groups excluding carboxylic acids is 1. The number of hydrogen-bond donors (Lipinski definition) is 3. The molecule has 0 radical (unpaired) electrons. The maximum atomic E-state index is 12.5. The fourth-order valence-corrected chi connectivity index (χ4v) is 2.50. The van der Waals surface area contributed by atoms with E-state index >= 15 is 0 Å². The SMILES string of the molecule is COc1ccc([C@H](N)[C@H](C(=O)O)C(=O)C2(C)CCN2)cc1. The van der Waals surface area contributed by atoms with Gasteiger partial charge in [-0.25, -0.2) is 0 Å². The summed E-state index contributed by atoms with van der Waals surface area (Å²) in [6, 6.07) is 5.87. The first kappa shape index (κ1) is 15.5. The van der Waals surface area contributed by atoms with Crippen LogP contribution in [0.2, 0.25) is 0 Å². The van der Waals surface area contributed by atoms with Crippen molar-refractivity contribution in [3.05, 3.63) is 29.8 Å². The van der Waals surface area contributed by atoms with Crippen molar-refractivity contribution in [1.82, 2.24) is 5.32 Å². The number of methoxy groups -OCH3 is 1. The van der Waals surface area contributed by atoms with Gasteiger partial charge in [0.05, 0.1) is 18.7 Å². The highest BCUT2D eigenvalue weighted by Gasteiger charge is 2.47. The van der Waals surface area contributed by atoms with Gasteiger partial charge in [-0.15, -0.1) is 0 Å². The molecule has 0 amide bonds. The number of carbonyl (C=O) groups is 2. The predicted molar refractivity (Wildman–Crippen MR) is 77.1 cm³/mol. The fourth-order valence-electron chi connectivity index (χ4n) is 2.50. The maximum absolute atomic E-state index is 12.5. The van der Waals surface area contributed by atoms with Crippen LogP contribution >= 0.6 is 0 Å². The summed E-state index contributed by atoms with van der Waals surface area (Å²) in [4.78, 5) is 24.0. The van der Waals surface area contributed by atoms with E-state index in [1.807, 2.05) is 0 Å². The van der Waals surface area contributed by atoms with Crippen LogP contribution in [0.5, 0.6) is 5.75 Å². The average Bonchev–Trinajstić information content (AvgIpc) is 2.44. The number of benzene rings is 1. The molecule has 1 aliphatic heterocycles. The van der Waals surface area contributed by atoms with Gasteiger partial charge in [0.2, 0.25) is 0 Å². The molecule has 0 bridgehead atoms. The van der Waals surface area contributed by atoms with Crippen molar-refractivity contribution in [2.45, 2.75) is 24.9 Å². The van der Waals surface area contributed by atoms with Crippen LogP contribution in [0.15, 0.2) is 24.3 Å². The van der Waals surface area contributed by atoms with Crippen molar-refractivity contribution >= 4 is 11.8 Å².